The van der Waals surface area contributed by atoms with Crippen LogP contribution in [0, 0.1) is 11.8 Å². The molecule has 0 aliphatic rings. The van der Waals surface area contributed by atoms with Gasteiger partial charge in [0.1, 0.15) is 11.5 Å². The molecule has 0 bridgehead atoms. The molecule has 0 aromatic heterocycles. The molecule has 0 aliphatic heterocycles. The Morgan fingerprint density at radius 3 is 1.21 bits per heavy atom. The van der Waals surface area contributed by atoms with Gasteiger partial charge in [-0.15, -0.1) is 24.8 Å². The normalized spacial score (nSPS) is 12.3. The number of Topliss-reactive ketones (excluding diaryl/α,β-unsaturated/α-hetero) is 2. The van der Waals surface area contributed by atoms with Crippen LogP contribution in [0.5, 0.6) is 11.5 Å². The minimum atomic E-state index is -0.0786. The van der Waals surface area contributed by atoms with Crippen LogP contribution in [0.2, 0.25) is 0 Å². The first-order valence-electron chi connectivity index (χ1n) is 15.1. The minimum absolute atomic E-state index is 0. The van der Waals surface area contributed by atoms with Crippen LogP contribution in [0.25, 0.3) is 0 Å². The second-order valence-electron chi connectivity index (χ2n) is 11.4. The van der Waals surface area contributed by atoms with Crippen LogP contribution in [0.1, 0.15) is 85.9 Å². The molecule has 2 unspecified atom stereocenters. The number of halogens is 2. The molecule has 8 heteroatoms. The topological polar surface area (TPSA) is 59.1 Å². The maximum Gasteiger partial charge on any atom is 0.167 e. The van der Waals surface area contributed by atoms with Crippen molar-refractivity contribution in [2.24, 2.45) is 11.8 Å². The molecule has 0 saturated carbocycles. The highest BCUT2D eigenvalue weighted by Gasteiger charge is 2.23. The maximum atomic E-state index is 13.4. The largest absolute Gasteiger partial charge is 0.494 e. The van der Waals surface area contributed by atoms with Gasteiger partial charge >= 0.3 is 0 Å². The zero-order chi connectivity index (χ0) is 29.3. The van der Waals surface area contributed by atoms with Crippen molar-refractivity contribution < 1.29 is 19.1 Å². The fourth-order valence-electron chi connectivity index (χ4n) is 4.84. The number of rotatable bonds is 21. The highest BCUT2D eigenvalue weighted by atomic mass is 35.5. The van der Waals surface area contributed by atoms with Gasteiger partial charge in [0.05, 0.1) is 13.2 Å². The average Bonchev–Trinajstić information content (AvgIpc) is 2.94. The lowest BCUT2D eigenvalue weighted by atomic mass is 9.88. The number of carbonyl (C=O) groups is 2. The van der Waals surface area contributed by atoms with Crippen molar-refractivity contribution in [3.05, 3.63) is 59.7 Å². The second-order valence-corrected chi connectivity index (χ2v) is 11.4. The number of hydrogen-bond acceptors (Lipinski definition) is 6. The average molecular weight is 626 g/mol. The van der Waals surface area contributed by atoms with Gasteiger partial charge in [-0.05, 0) is 102 Å². The summed E-state index contributed by atoms with van der Waals surface area (Å²) in [4.78, 5) is 30.9. The van der Waals surface area contributed by atoms with Gasteiger partial charge in [-0.3, -0.25) is 9.59 Å². The first-order chi connectivity index (χ1) is 19.2. The molecule has 42 heavy (non-hydrogen) atoms. The summed E-state index contributed by atoms with van der Waals surface area (Å²) in [5.74, 6) is 1.82. The van der Waals surface area contributed by atoms with Crippen molar-refractivity contribution >= 4 is 36.4 Å². The van der Waals surface area contributed by atoms with E-state index < -0.39 is 0 Å². The van der Waals surface area contributed by atoms with Gasteiger partial charge in [-0.1, -0.05) is 39.5 Å². The molecule has 0 heterocycles. The molecule has 0 saturated heterocycles. The van der Waals surface area contributed by atoms with Crippen LogP contribution in [0.4, 0.5) is 0 Å². The van der Waals surface area contributed by atoms with Crippen LogP contribution in [-0.2, 0) is 0 Å². The number of hydrogen-bond donors (Lipinski definition) is 0. The Balaban J connectivity index is 0.00000840. The quantitative estimate of drug-likeness (QED) is 0.104. The molecule has 0 amide bonds. The van der Waals surface area contributed by atoms with Crippen LogP contribution in [-0.4, -0.2) is 75.9 Å². The molecule has 238 valence electrons. The number of benzene rings is 2. The smallest absolute Gasteiger partial charge is 0.167 e. The number of carbonyl (C=O) groups excluding carboxylic acids is 2. The Hall–Kier alpha value is -2.12. The van der Waals surface area contributed by atoms with E-state index in [9.17, 15) is 9.59 Å². The molecule has 0 N–H and O–H groups in total. The third kappa shape index (κ3) is 14.9. The lowest BCUT2D eigenvalue weighted by Crippen LogP contribution is -2.29. The van der Waals surface area contributed by atoms with Crippen molar-refractivity contribution in [2.75, 3.05) is 54.5 Å². The first kappa shape index (κ1) is 39.9. The molecule has 0 fully saturated rings. The highest BCUT2D eigenvalue weighted by molar-refractivity contribution is 5.98. The highest BCUT2D eigenvalue weighted by Crippen LogP contribution is 2.23. The van der Waals surface area contributed by atoms with Crippen molar-refractivity contribution in [1.29, 1.82) is 0 Å². The zero-order valence-corrected chi connectivity index (χ0v) is 28.2. The predicted octanol–water partition coefficient (Wildman–Crippen LogP) is 7.87. The fraction of sp³-hybridized carbons (Fsp3) is 0.588. The van der Waals surface area contributed by atoms with Gasteiger partial charge in [-0.25, -0.2) is 0 Å². The van der Waals surface area contributed by atoms with Crippen LogP contribution >= 0.6 is 24.8 Å². The van der Waals surface area contributed by atoms with Gasteiger partial charge in [0.25, 0.3) is 0 Å². The van der Waals surface area contributed by atoms with E-state index in [0.717, 1.165) is 74.0 Å². The molecular formula is C34H54Cl2N2O4. The molecule has 6 nitrogen and oxygen atoms in total. The van der Waals surface area contributed by atoms with Gasteiger partial charge in [0.2, 0.25) is 0 Å². The Bertz CT molecular complexity index is 916. The number of nitrogens with zero attached hydrogens (tertiary/aromatic N) is 2. The van der Waals surface area contributed by atoms with Gasteiger partial charge in [0.15, 0.2) is 11.6 Å². The van der Waals surface area contributed by atoms with E-state index in [1.54, 1.807) is 0 Å². The van der Waals surface area contributed by atoms with Crippen molar-refractivity contribution in [3.63, 3.8) is 0 Å². The predicted molar refractivity (Wildman–Crippen MR) is 179 cm³/mol. The van der Waals surface area contributed by atoms with Crippen molar-refractivity contribution in [2.45, 2.75) is 65.2 Å². The molecule has 0 aliphatic carbocycles. The number of ketones is 2. The second kappa shape index (κ2) is 22.4. The minimum Gasteiger partial charge on any atom is -0.494 e. The van der Waals surface area contributed by atoms with E-state index in [1.165, 1.54) is 0 Å². The van der Waals surface area contributed by atoms with Gasteiger partial charge in [0, 0.05) is 36.1 Å². The summed E-state index contributed by atoms with van der Waals surface area (Å²) in [7, 11) is 8.04. The molecule has 0 spiro atoms. The summed E-state index contributed by atoms with van der Waals surface area (Å²) >= 11 is 0. The third-order valence-electron chi connectivity index (χ3n) is 7.08. The fourth-order valence-corrected chi connectivity index (χ4v) is 4.84. The number of unbranched alkanes of at least 4 members (excludes halogenated alkanes) is 3. The van der Waals surface area contributed by atoms with E-state index in [-0.39, 0.29) is 48.2 Å². The van der Waals surface area contributed by atoms with E-state index in [1.807, 2.05) is 76.7 Å². The molecular weight excluding hydrogens is 571 g/mol. The Kier molecular flexibility index (Phi) is 21.3. The van der Waals surface area contributed by atoms with Gasteiger partial charge in [-0.2, -0.15) is 0 Å². The van der Waals surface area contributed by atoms with Crippen LogP contribution < -0.4 is 9.47 Å². The zero-order valence-electron chi connectivity index (χ0n) is 26.6. The summed E-state index contributed by atoms with van der Waals surface area (Å²) in [5, 5.41) is 0. The third-order valence-corrected chi connectivity index (χ3v) is 7.08. The first-order valence-corrected chi connectivity index (χ1v) is 15.1. The van der Waals surface area contributed by atoms with E-state index in [0.29, 0.717) is 26.3 Å². The van der Waals surface area contributed by atoms with Crippen molar-refractivity contribution in [3.8, 4) is 11.5 Å². The summed E-state index contributed by atoms with van der Waals surface area (Å²) in [6.45, 7) is 7.09. The molecule has 2 aromatic rings. The van der Waals surface area contributed by atoms with E-state index in [2.05, 4.69) is 23.6 Å². The van der Waals surface area contributed by atoms with Crippen molar-refractivity contribution in [1.82, 2.24) is 9.80 Å². The van der Waals surface area contributed by atoms with Crippen LogP contribution in [0.3, 0.4) is 0 Å². The Morgan fingerprint density at radius 2 is 0.929 bits per heavy atom. The molecule has 0 radical (unpaired) electrons. The van der Waals surface area contributed by atoms with E-state index >= 15 is 0 Å². The lowest BCUT2D eigenvalue weighted by molar-refractivity contribution is 0.0867. The standard InChI is InChI=1S/C34H52N2O4.2ClH/c1-7-9-23-39-31-19-15-27(16-20-31)33(37)29(25-35(3)4)13-11-12-14-30(26-36(5)6)34(38)28-17-21-32(22-18-28)40-24-10-8-2;;/h15-22,29-30H,7-14,23-26H2,1-6H3;2*1H. The molecule has 2 aromatic carbocycles. The summed E-state index contributed by atoms with van der Waals surface area (Å²) in [6.07, 6.45) is 7.65. The summed E-state index contributed by atoms with van der Waals surface area (Å²) < 4.78 is 11.5. The monoisotopic (exact) mass is 624 g/mol. The molecule has 2 rings (SSSR count). The Labute approximate surface area is 267 Å². The summed E-state index contributed by atoms with van der Waals surface area (Å²) in [5.41, 5.74) is 1.47. The number of ether oxygens (including phenoxy) is 2. The summed E-state index contributed by atoms with van der Waals surface area (Å²) in [6, 6.07) is 15.1. The van der Waals surface area contributed by atoms with E-state index in [4.69, 9.17) is 9.47 Å². The lowest BCUT2D eigenvalue weighted by Gasteiger charge is -2.22. The molecule has 2 atom stereocenters. The van der Waals surface area contributed by atoms with Gasteiger partial charge < -0.3 is 19.3 Å². The van der Waals surface area contributed by atoms with Crippen LogP contribution in [0.15, 0.2) is 48.5 Å². The SMILES string of the molecule is CCCCOc1ccc(C(=O)C(CCCCC(CN(C)C)C(=O)c2ccc(OCCCC)cc2)CN(C)C)cc1.Cl.Cl. The Morgan fingerprint density at radius 1 is 0.595 bits per heavy atom. The maximum absolute atomic E-state index is 13.4.